The number of aliphatic hydroxyl groups is 1. The molecule has 2 fully saturated rings. The van der Waals surface area contributed by atoms with Gasteiger partial charge in [-0.3, -0.25) is 14.5 Å². The smallest absolute Gasteiger partial charge is 0.295 e. The Kier molecular flexibility index (Phi) is 7.78. The van der Waals surface area contributed by atoms with E-state index in [9.17, 15) is 19.8 Å². The van der Waals surface area contributed by atoms with Crippen molar-refractivity contribution < 1.29 is 38.7 Å². The van der Waals surface area contributed by atoms with Crippen molar-refractivity contribution in [3.05, 3.63) is 51.5 Å². The van der Waals surface area contributed by atoms with E-state index in [1.54, 1.807) is 30.3 Å². The summed E-state index contributed by atoms with van der Waals surface area (Å²) in [5, 5.41) is 21.8. The predicted molar refractivity (Wildman–Crippen MR) is 141 cm³/mol. The number of carbonyl (C=O) groups excluding carboxylic acids is 2. The number of likely N-dealkylation sites (tertiary alicyclic amines) is 1. The normalized spacial score (nSPS) is 21.1. The predicted octanol–water partition coefficient (Wildman–Crippen LogP) is 3.08. The number of hydrogen-bond donors (Lipinski definition) is 2. The number of aromatic hydroxyl groups is 1. The molecule has 3 aliphatic rings. The fourth-order valence-corrected chi connectivity index (χ4v) is 5.46. The minimum Gasteiger partial charge on any atom is -0.507 e. The maximum Gasteiger partial charge on any atom is 0.295 e. The van der Waals surface area contributed by atoms with Crippen molar-refractivity contribution in [2.75, 3.05) is 59.7 Å². The third-order valence-corrected chi connectivity index (χ3v) is 7.52. The molecule has 5 rings (SSSR count). The van der Waals surface area contributed by atoms with Gasteiger partial charge in [0, 0.05) is 31.7 Å². The molecule has 3 heterocycles. The van der Waals surface area contributed by atoms with Gasteiger partial charge in [-0.2, -0.15) is 0 Å². The van der Waals surface area contributed by atoms with Crippen molar-refractivity contribution in [1.82, 2.24) is 9.80 Å². The first-order valence-corrected chi connectivity index (χ1v) is 13.2. The first-order chi connectivity index (χ1) is 18.4. The zero-order valence-corrected chi connectivity index (χ0v) is 22.5. The lowest BCUT2D eigenvalue weighted by Crippen LogP contribution is -2.39. The van der Waals surface area contributed by atoms with Gasteiger partial charge in [-0.1, -0.05) is 0 Å². The summed E-state index contributed by atoms with van der Waals surface area (Å²) < 4.78 is 22.3. The number of Topliss-reactive ketones (excluding diaryl/α,β-unsaturated/α-hetero) is 1. The highest BCUT2D eigenvalue weighted by molar-refractivity contribution is 9.10. The maximum absolute atomic E-state index is 13.4. The Labute approximate surface area is 228 Å². The van der Waals surface area contributed by atoms with E-state index in [1.165, 1.54) is 12.0 Å². The van der Waals surface area contributed by atoms with Gasteiger partial charge in [0.1, 0.15) is 19.0 Å². The summed E-state index contributed by atoms with van der Waals surface area (Å²) >= 11 is 3.34. The van der Waals surface area contributed by atoms with E-state index in [4.69, 9.17) is 18.9 Å². The summed E-state index contributed by atoms with van der Waals surface area (Å²) in [4.78, 5) is 30.4. The van der Waals surface area contributed by atoms with Crippen molar-refractivity contribution in [3.63, 3.8) is 0 Å². The minimum atomic E-state index is -0.890. The van der Waals surface area contributed by atoms with Crippen molar-refractivity contribution in [2.24, 2.45) is 0 Å². The maximum atomic E-state index is 13.4. The molecule has 1 amide bonds. The number of nitrogens with zero attached hydrogens (tertiary/aromatic N) is 2. The second-order valence-electron chi connectivity index (χ2n) is 9.21. The van der Waals surface area contributed by atoms with Crippen molar-refractivity contribution in [3.8, 4) is 23.0 Å². The number of phenolic OH excluding ortho intramolecular Hbond substituents is 1. The molecule has 2 aromatic carbocycles. The molecule has 0 radical (unpaired) electrons. The molecule has 3 aliphatic heterocycles. The third-order valence-electron chi connectivity index (χ3n) is 6.92. The van der Waals surface area contributed by atoms with Gasteiger partial charge in [0.05, 0.1) is 36.4 Å². The number of fused-ring (bicyclic) bond motifs is 1. The molecule has 0 unspecified atom stereocenters. The molecule has 38 heavy (non-hydrogen) atoms. The first-order valence-electron chi connectivity index (χ1n) is 12.4. The third kappa shape index (κ3) is 5.05. The molecular formula is C27H29BrN2O8. The molecule has 2 saturated heterocycles. The molecule has 0 aromatic heterocycles. The summed E-state index contributed by atoms with van der Waals surface area (Å²) in [5.74, 6) is -0.731. The monoisotopic (exact) mass is 588 g/mol. The zero-order valence-electron chi connectivity index (χ0n) is 20.9. The van der Waals surface area contributed by atoms with E-state index in [0.717, 1.165) is 19.6 Å². The number of benzene rings is 2. The van der Waals surface area contributed by atoms with Crippen LogP contribution in [0.1, 0.15) is 23.6 Å². The van der Waals surface area contributed by atoms with Crippen LogP contribution in [-0.2, 0) is 14.3 Å². The Morgan fingerprint density at radius 1 is 1.05 bits per heavy atom. The van der Waals surface area contributed by atoms with Gasteiger partial charge in [0.25, 0.3) is 11.7 Å². The van der Waals surface area contributed by atoms with Gasteiger partial charge in [0.15, 0.2) is 23.0 Å². The second-order valence-corrected chi connectivity index (χ2v) is 10.1. The van der Waals surface area contributed by atoms with Crippen LogP contribution in [-0.4, -0.2) is 91.4 Å². The molecule has 1 atom stereocenters. The molecule has 11 heteroatoms. The highest BCUT2D eigenvalue weighted by Crippen LogP contribution is 2.45. The number of ketones is 1. The Morgan fingerprint density at radius 2 is 1.79 bits per heavy atom. The molecule has 2 N–H and O–H groups in total. The highest BCUT2D eigenvalue weighted by atomic mass is 79.9. The standard InChI is InChI=1S/C27H29BrN2O8/c1-35-21-15-17(13-18(28)25(21)32)23-22(24(31)16-3-4-19-20(14-16)38-12-11-37-19)26(33)27(34)30(23)6-2-5-29-7-9-36-10-8-29/h3-4,13-15,23,31-32H,2,5-12H2,1H3/t23-/m0/s1. The van der Waals surface area contributed by atoms with E-state index in [-0.39, 0.29) is 22.8 Å². The number of aliphatic hydroxyl groups excluding tert-OH is 1. The second kappa shape index (κ2) is 11.2. The van der Waals surface area contributed by atoms with E-state index in [1.807, 2.05) is 0 Å². The molecule has 0 saturated carbocycles. The first kappa shape index (κ1) is 26.3. The fraction of sp³-hybridized carbons (Fsp3) is 0.407. The van der Waals surface area contributed by atoms with Gasteiger partial charge >= 0.3 is 0 Å². The van der Waals surface area contributed by atoms with Crippen molar-refractivity contribution in [2.45, 2.75) is 12.5 Å². The van der Waals surface area contributed by atoms with Gasteiger partial charge in [-0.05, 0) is 58.2 Å². The summed E-state index contributed by atoms with van der Waals surface area (Å²) in [6.07, 6.45) is 0.629. The van der Waals surface area contributed by atoms with E-state index in [0.29, 0.717) is 66.5 Å². The number of methoxy groups -OCH3 is 1. The Morgan fingerprint density at radius 3 is 2.53 bits per heavy atom. The molecular weight excluding hydrogens is 560 g/mol. The van der Waals surface area contributed by atoms with Crippen LogP contribution >= 0.6 is 15.9 Å². The van der Waals surface area contributed by atoms with Crippen molar-refractivity contribution >= 4 is 33.4 Å². The molecule has 2 aromatic rings. The Hall–Kier alpha value is -3.28. The topological polar surface area (TPSA) is 118 Å². The van der Waals surface area contributed by atoms with Crippen molar-refractivity contribution in [1.29, 1.82) is 0 Å². The zero-order chi connectivity index (χ0) is 26.8. The number of carbonyl (C=O) groups is 2. The largest absolute Gasteiger partial charge is 0.507 e. The number of ether oxygens (including phenoxy) is 4. The Bertz CT molecular complexity index is 1270. The van der Waals surface area contributed by atoms with E-state index >= 15 is 0 Å². The molecule has 0 aliphatic carbocycles. The fourth-order valence-electron chi connectivity index (χ4n) is 5.00. The average molecular weight is 589 g/mol. The van der Waals surface area contributed by atoms with Crippen LogP contribution in [0.15, 0.2) is 40.4 Å². The van der Waals surface area contributed by atoms with Crippen LogP contribution in [0.3, 0.4) is 0 Å². The van der Waals surface area contributed by atoms with E-state index < -0.39 is 17.7 Å². The van der Waals surface area contributed by atoms with Crippen LogP contribution in [0.4, 0.5) is 0 Å². The van der Waals surface area contributed by atoms with Gasteiger partial charge in [0.2, 0.25) is 0 Å². The molecule has 0 bridgehead atoms. The minimum absolute atomic E-state index is 0.0438. The van der Waals surface area contributed by atoms with E-state index in [2.05, 4.69) is 20.8 Å². The molecule has 10 nitrogen and oxygen atoms in total. The van der Waals surface area contributed by atoms with Gasteiger partial charge in [-0.15, -0.1) is 0 Å². The number of halogens is 1. The lowest BCUT2D eigenvalue weighted by atomic mass is 9.94. The summed E-state index contributed by atoms with van der Waals surface area (Å²) in [6.45, 7) is 4.79. The van der Waals surface area contributed by atoms with Crippen LogP contribution < -0.4 is 14.2 Å². The SMILES string of the molecule is COc1cc([C@H]2C(=C(O)c3ccc4c(c3)OCCO4)C(=O)C(=O)N2CCCN2CCOCC2)cc(Br)c1O. The van der Waals surface area contributed by atoms with Gasteiger partial charge < -0.3 is 34.1 Å². The van der Waals surface area contributed by atoms with Crippen LogP contribution in [0.25, 0.3) is 5.76 Å². The average Bonchev–Trinajstić information content (AvgIpc) is 3.19. The quantitative estimate of drug-likeness (QED) is 0.286. The van der Waals surface area contributed by atoms with Crippen LogP contribution in [0, 0.1) is 0 Å². The van der Waals surface area contributed by atoms with Gasteiger partial charge in [-0.25, -0.2) is 0 Å². The van der Waals surface area contributed by atoms with Crippen LogP contribution in [0.2, 0.25) is 0 Å². The summed E-state index contributed by atoms with van der Waals surface area (Å²) in [7, 11) is 1.42. The van der Waals surface area contributed by atoms with Crippen LogP contribution in [0.5, 0.6) is 23.0 Å². The molecule has 0 spiro atoms. The number of morpholine rings is 1. The number of hydrogen-bond acceptors (Lipinski definition) is 9. The highest BCUT2D eigenvalue weighted by Gasteiger charge is 2.46. The number of rotatable bonds is 7. The summed E-state index contributed by atoms with van der Waals surface area (Å²) in [6, 6.07) is 7.19. The lowest BCUT2D eigenvalue weighted by molar-refractivity contribution is -0.140. The number of amides is 1. The lowest BCUT2D eigenvalue weighted by Gasteiger charge is -2.29. The summed E-state index contributed by atoms with van der Waals surface area (Å²) in [5.41, 5.74) is 0.796. The molecule has 202 valence electrons. The Balaban J connectivity index is 1.54. The number of phenols is 1.